The van der Waals surface area contributed by atoms with Gasteiger partial charge in [-0.25, -0.2) is 9.07 Å². The first kappa shape index (κ1) is 37.9. The van der Waals surface area contributed by atoms with Crippen LogP contribution in [0.1, 0.15) is 75.7 Å². The van der Waals surface area contributed by atoms with Gasteiger partial charge in [0.05, 0.1) is 36.9 Å². The molecule has 16 heteroatoms. The molecule has 0 radical (unpaired) electrons. The van der Waals surface area contributed by atoms with Crippen molar-refractivity contribution >= 4 is 23.5 Å². The van der Waals surface area contributed by atoms with Crippen molar-refractivity contribution in [2.24, 2.45) is 0 Å². The molecule has 0 bridgehead atoms. The summed E-state index contributed by atoms with van der Waals surface area (Å²) in [6.45, 7) is 4.32. The molecule has 3 aromatic rings. The number of nitrogens with zero attached hydrogens (tertiary/aromatic N) is 6. The highest BCUT2D eigenvalue weighted by molar-refractivity contribution is 6.07. The number of alkyl halides is 3. The molecule has 0 saturated carbocycles. The SMILES string of the molecule is CCN1C(=O)C(NC(=O)c2cccc(C(F)(F)F)c2)C(c2ccc(F)cc2)c2c(C(=O)N(C)C(C#N)CCN(C)C3COC3)nn(C3CCOCC3)c21. The zero-order chi connectivity index (χ0) is 38.0. The van der Waals surface area contributed by atoms with Gasteiger partial charge in [-0.2, -0.15) is 23.5 Å². The van der Waals surface area contributed by atoms with E-state index in [2.05, 4.69) is 16.3 Å². The summed E-state index contributed by atoms with van der Waals surface area (Å²) in [5.41, 5.74) is -0.801. The van der Waals surface area contributed by atoms with Crippen molar-refractivity contribution < 1.29 is 41.4 Å². The number of amides is 3. The minimum atomic E-state index is -4.72. The number of aromatic nitrogens is 2. The zero-order valence-corrected chi connectivity index (χ0v) is 29.6. The van der Waals surface area contributed by atoms with E-state index in [0.29, 0.717) is 69.7 Å². The van der Waals surface area contributed by atoms with Gasteiger partial charge in [-0.3, -0.25) is 24.2 Å². The largest absolute Gasteiger partial charge is 0.416 e. The number of ether oxygens (including phenoxy) is 2. The third-order valence-electron chi connectivity index (χ3n) is 10.3. The van der Waals surface area contributed by atoms with Gasteiger partial charge in [0.15, 0.2) is 5.69 Å². The number of nitrogens with one attached hydrogen (secondary N) is 1. The maximum Gasteiger partial charge on any atom is 0.416 e. The van der Waals surface area contributed by atoms with Gasteiger partial charge in [-0.1, -0.05) is 18.2 Å². The average molecular weight is 740 g/mol. The van der Waals surface area contributed by atoms with Gasteiger partial charge in [-0.05, 0) is 69.1 Å². The Morgan fingerprint density at radius 3 is 2.40 bits per heavy atom. The fourth-order valence-electron chi connectivity index (χ4n) is 7.10. The third kappa shape index (κ3) is 7.64. The molecular formula is C37H41F4N7O5. The summed E-state index contributed by atoms with van der Waals surface area (Å²) >= 11 is 0. The van der Waals surface area contributed by atoms with Crippen molar-refractivity contribution in [3.05, 3.63) is 82.3 Å². The molecule has 12 nitrogen and oxygen atoms in total. The number of fused-ring (bicyclic) bond motifs is 1. The Kier molecular flexibility index (Phi) is 11.2. The first-order valence-electron chi connectivity index (χ1n) is 17.5. The predicted octanol–water partition coefficient (Wildman–Crippen LogP) is 4.37. The highest BCUT2D eigenvalue weighted by Crippen LogP contribution is 2.45. The van der Waals surface area contributed by atoms with Gasteiger partial charge in [0.1, 0.15) is 23.7 Å². The number of likely N-dealkylation sites (N-methyl/N-ethyl adjacent to an activating group) is 2. The molecule has 1 N–H and O–H groups in total. The smallest absolute Gasteiger partial charge is 0.381 e. The van der Waals surface area contributed by atoms with Crippen LogP contribution in [0.4, 0.5) is 23.4 Å². The minimum Gasteiger partial charge on any atom is -0.381 e. The van der Waals surface area contributed by atoms with Crippen molar-refractivity contribution in [2.45, 2.75) is 62.4 Å². The minimum absolute atomic E-state index is 0.0615. The predicted molar refractivity (Wildman–Crippen MR) is 184 cm³/mol. The normalized spacial score (nSPS) is 20.1. The maximum absolute atomic E-state index is 14.6. The van der Waals surface area contributed by atoms with E-state index < -0.39 is 53.3 Å². The van der Waals surface area contributed by atoms with Crippen molar-refractivity contribution in [1.29, 1.82) is 5.26 Å². The summed E-state index contributed by atoms with van der Waals surface area (Å²) in [6, 6.07) is 8.95. The molecule has 6 rings (SSSR count). The van der Waals surface area contributed by atoms with Crippen LogP contribution in [0.3, 0.4) is 0 Å². The van der Waals surface area contributed by atoms with E-state index in [1.807, 2.05) is 7.05 Å². The van der Waals surface area contributed by atoms with Crippen LogP contribution in [0.15, 0.2) is 48.5 Å². The van der Waals surface area contributed by atoms with Crippen molar-refractivity contribution in [1.82, 2.24) is 24.9 Å². The lowest BCUT2D eigenvalue weighted by atomic mass is 9.80. The van der Waals surface area contributed by atoms with Gasteiger partial charge >= 0.3 is 6.18 Å². The van der Waals surface area contributed by atoms with Gasteiger partial charge in [0, 0.05) is 50.4 Å². The third-order valence-corrected chi connectivity index (χ3v) is 10.3. The van der Waals surface area contributed by atoms with E-state index in [4.69, 9.17) is 14.6 Å². The standard InChI is InChI=1S/C37H41F4N7O5/c1-4-47-34-30(29(22-8-10-25(38)11-9-22)31(36(47)51)43-33(49)23-6-5-7-24(18-23)37(39,40)41)32(44-48(34)26-13-16-52-17-14-26)35(50)46(3)27(19-42)12-15-45(2)28-20-53-21-28/h5-11,18,26-29,31H,4,12-17,20-21H2,1-3H3,(H,43,49). The highest BCUT2D eigenvalue weighted by atomic mass is 19.4. The second-order valence-electron chi connectivity index (χ2n) is 13.5. The van der Waals surface area contributed by atoms with Crippen molar-refractivity contribution in [3.8, 4) is 6.07 Å². The van der Waals surface area contributed by atoms with E-state index in [1.165, 1.54) is 47.2 Å². The van der Waals surface area contributed by atoms with E-state index >= 15 is 0 Å². The van der Waals surface area contributed by atoms with E-state index in [-0.39, 0.29) is 35.4 Å². The Morgan fingerprint density at radius 2 is 1.79 bits per heavy atom. The molecule has 0 aliphatic carbocycles. The first-order valence-corrected chi connectivity index (χ1v) is 17.5. The second-order valence-corrected chi connectivity index (χ2v) is 13.5. The molecule has 1 aromatic heterocycles. The number of halogens is 4. The number of hydrogen-bond acceptors (Lipinski definition) is 8. The van der Waals surface area contributed by atoms with Gasteiger partial charge in [0.2, 0.25) is 0 Å². The number of rotatable bonds is 11. The van der Waals surface area contributed by atoms with Crippen LogP contribution in [0.5, 0.6) is 0 Å². The van der Waals surface area contributed by atoms with Crippen LogP contribution < -0.4 is 10.2 Å². The molecule has 282 valence electrons. The van der Waals surface area contributed by atoms with Crippen molar-refractivity contribution in [2.75, 3.05) is 58.5 Å². The molecular weight excluding hydrogens is 698 g/mol. The highest BCUT2D eigenvalue weighted by Gasteiger charge is 2.48. The molecule has 2 saturated heterocycles. The van der Waals surface area contributed by atoms with Crippen LogP contribution in [0.2, 0.25) is 0 Å². The Balaban J connectivity index is 1.47. The summed E-state index contributed by atoms with van der Waals surface area (Å²) in [7, 11) is 3.43. The van der Waals surface area contributed by atoms with Crippen LogP contribution in [-0.2, 0) is 20.4 Å². The molecule has 3 aliphatic heterocycles. The van der Waals surface area contributed by atoms with E-state index in [0.717, 1.165) is 12.1 Å². The lowest BCUT2D eigenvalue weighted by Crippen LogP contribution is -2.56. The Labute approximate surface area is 304 Å². The topological polar surface area (TPSA) is 133 Å². The number of benzene rings is 2. The summed E-state index contributed by atoms with van der Waals surface area (Å²) in [5.74, 6) is -3.52. The molecule has 2 fully saturated rings. The lowest BCUT2D eigenvalue weighted by Gasteiger charge is -2.39. The van der Waals surface area contributed by atoms with Crippen LogP contribution in [-0.4, -0.2) is 109 Å². The van der Waals surface area contributed by atoms with Crippen LogP contribution in [0, 0.1) is 17.1 Å². The first-order chi connectivity index (χ1) is 25.3. The number of anilines is 1. The fourth-order valence-corrected chi connectivity index (χ4v) is 7.10. The van der Waals surface area contributed by atoms with Crippen LogP contribution in [0.25, 0.3) is 0 Å². The number of nitriles is 1. The summed E-state index contributed by atoms with van der Waals surface area (Å²) < 4.78 is 67.6. The molecule has 3 aliphatic rings. The molecule has 3 amide bonds. The van der Waals surface area contributed by atoms with E-state index in [1.54, 1.807) is 11.6 Å². The lowest BCUT2D eigenvalue weighted by molar-refractivity contribution is -0.137. The Hall–Kier alpha value is -4.85. The molecule has 3 atom stereocenters. The van der Waals surface area contributed by atoms with Crippen molar-refractivity contribution in [3.63, 3.8) is 0 Å². The summed E-state index contributed by atoms with van der Waals surface area (Å²) in [4.78, 5) is 47.7. The quantitative estimate of drug-likeness (QED) is 0.287. The van der Waals surface area contributed by atoms with E-state index in [9.17, 15) is 37.2 Å². The number of carbonyl (C=O) groups excluding carboxylic acids is 3. The summed E-state index contributed by atoms with van der Waals surface area (Å²) in [6.07, 6.45) is -3.34. The van der Waals surface area contributed by atoms with Gasteiger partial charge < -0.3 is 19.7 Å². The van der Waals surface area contributed by atoms with Gasteiger partial charge in [0.25, 0.3) is 17.7 Å². The average Bonchev–Trinajstić information content (AvgIpc) is 3.51. The number of carbonyl (C=O) groups is 3. The van der Waals surface area contributed by atoms with Crippen LogP contribution >= 0.6 is 0 Å². The monoisotopic (exact) mass is 739 g/mol. The molecule has 53 heavy (non-hydrogen) atoms. The molecule has 3 unspecified atom stereocenters. The zero-order valence-electron chi connectivity index (χ0n) is 29.6. The number of hydrogen-bond donors (Lipinski definition) is 1. The van der Waals surface area contributed by atoms with Gasteiger partial charge in [-0.15, -0.1) is 0 Å². The Morgan fingerprint density at radius 1 is 1.09 bits per heavy atom. The maximum atomic E-state index is 14.6. The molecule has 4 heterocycles. The molecule has 0 spiro atoms. The Bertz CT molecular complexity index is 1870. The molecule has 2 aromatic carbocycles. The fraction of sp³-hybridized carbons (Fsp3) is 0.486. The summed E-state index contributed by atoms with van der Waals surface area (Å²) in [5, 5.41) is 17.7. The second kappa shape index (κ2) is 15.6.